The number of rotatable bonds is 4. The predicted molar refractivity (Wildman–Crippen MR) is 76.4 cm³/mol. The number of nitrogens with zero attached hydrogens (tertiary/aromatic N) is 1. The van der Waals surface area contributed by atoms with Crippen LogP contribution in [0.15, 0.2) is 24.3 Å². The van der Waals surface area contributed by atoms with Crippen LogP contribution in [0.3, 0.4) is 0 Å². The molecule has 0 saturated heterocycles. The van der Waals surface area contributed by atoms with Crippen molar-refractivity contribution in [2.75, 3.05) is 13.1 Å². The Bertz CT molecular complexity index is 452. The van der Waals surface area contributed by atoms with Crippen molar-refractivity contribution in [3.63, 3.8) is 0 Å². The van der Waals surface area contributed by atoms with E-state index >= 15 is 0 Å². The lowest BCUT2D eigenvalue weighted by Gasteiger charge is -2.19. The van der Waals surface area contributed by atoms with Crippen molar-refractivity contribution in [3.05, 3.63) is 24.3 Å². The third kappa shape index (κ3) is 4.73. The van der Waals surface area contributed by atoms with Gasteiger partial charge in [-0.3, -0.25) is 14.5 Å². The molecule has 0 radical (unpaired) electrons. The average Bonchev–Trinajstić information content (AvgIpc) is 2.73. The topological polar surface area (TPSA) is 75.7 Å². The van der Waals surface area contributed by atoms with Crippen molar-refractivity contribution >= 4 is 17.9 Å². The van der Waals surface area contributed by atoms with Gasteiger partial charge in [-0.2, -0.15) is 0 Å². The van der Waals surface area contributed by atoms with Crippen LogP contribution in [-0.4, -0.2) is 42.0 Å². The van der Waals surface area contributed by atoms with E-state index in [-0.39, 0.29) is 31.0 Å². The van der Waals surface area contributed by atoms with Crippen LogP contribution in [0.2, 0.25) is 0 Å². The van der Waals surface area contributed by atoms with Crippen molar-refractivity contribution in [2.45, 2.75) is 38.2 Å². The number of allylic oxidation sites excluding steroid dienone is 2. The first-order chi connectivity index (χ1) is 10.2. The summed E-state index contributed by atoms with van der Waals surface area (Å²) in [6.45, 7) is 0.359. The van der Waals surface area contributed by atoms with Gasteiger partial charge in [0.05, 0.1) is 0 Å². The molecule has 1 atom stereocenters. The number of hydrogen-bond acceptors (Lipinski definition) is 4. The zero-order valence-corrected chi connectivity index (χ0v) is 11.9. The molecule has 1 N–H and O–H groups in total. The van der Waals surface area contributed by atoms with Crippen LogP contribution in [0.1, 0.15) is 32.1 Å². The summed E-state index contributed by atoms with van der Waals surface area (Å²) >= 11 is 0. The van der Waals surface area contributed by atoms with Crippen molar-refractivity contribution in [1.29, 1.82) is 0 Å². The molecule has 0 aromatic rings. The number of carbonyl (C=O) groups is 3. The zero-order valence-electron chi connectivity index (χ0n) is 11.9. The maximum absolute atomic E-state index is 11.7. The lowest BCUT2D eigenvalue weighted by atomic mass is 10.0. The summed E-state index contributed by atoms with van der Waals surface area (Å²) in [4.78, 5) is 35.4. The van der Waals surface area contributed by atoms with E-state index in [4.69, 9.17) is 4.74 Å². The Morgan fingerprint density at radius 2 is 1.90 bits per heavy atom. The number of hydrogen-bond donors (Lipinski definition) is 1. The molecule has 3 amide bonds. The summed E-state index contributed by atoms with van der Waals surface area (Å²) in [5, 5.41) is 2.58. The zero-order chi connectivity index (χ0) is 15.1. The number of alkyl carbamates (subject to hydrolysis) is 1. The SMILES string of the molecule is O=C(NCCN1C(=O)C=CC1=O)OC1CC/C=C\CCC1. The third-order valence-electron chi connectivity index (χ3n) is 3.50. The van der Waals surface area contributed by atoms with Gasteiger partial charge in [-0.25, -0.2) is 4.79 Å². The molecule has 1 aliphatic heterocycles. The van der Waals surface area contributed by atoms with Gasteiger partial charge in [-0.1, -0.05) is 12.2 Å². The predicted octanol–water partition coefficient (Wildman–Crippen LogP) is 1.53. The van der Waals surface area contributed by atoms with Crippen LogP contribution >= 0.6 is 0 Å². The molecule has 0 saturated carbocycles. The van der Waals surface area contributed by atoms with E-state index < -0.39 is 6.09 Å². The van der Waals surface area contributed by atoms with E-state index in [0.717, 1.165) is 37.0 Å². The largest absolute Gasteiger partial charge is 0.446 e. The highest BCUT2D eigenvalue weighted by Crippen LogP contribution is 2.15. The third-order valence-corrected chi connectivity index (χ3v) is 3.50. The maximum atomic E-state index is 11.7. The second-order valence-corrected chi connectivity index (χ2v) is 5.10. The fourth-order valence-corrected chi connectivity index (χ4v) is 2.36. The summed E-state index contributed by atoms with van der Waals surface area (Å²) in [5.74, 6) is -0.691. The summed E-state index contributed by atoms with van der Waals surface area (Å²) in [7, 11) is 0. The molecule has 2 aliphatic rings. The monoisotopic (exact) mass is 292 g/mol. The van der Waals surface area contributed by atoms with Crippen LogP contribution < -0.4 is 5.32 Å². The summed E-state index contributed by atoms with van der Waals surface area (Å²) in [6.07, 6.45) is 10.8. The van der Waals surface area contributed by atoms with Crippen LogP contribution in [-0.2, 0) is 14.3 Å². The Morgan fingerprint density at radius 3 is 2.67 bits per heavy atom. The van der Waals surface area contributed by atoms with Gasteiger partial charge < -0.3 is 10.1 Å². The smallest absolute Gasteiger partial charge is 0.407 e. The lowest BCUT2D eigenvalue weighted by molar-refractivity contribution is -0.136. The van der Waals surface area contributed by atoms with E-state index in [0.29, 0.717) is 0 Å². The minimum absolute atomic E-state index is 0.0633. The molecule has 1 unspecified atom stereocenters. The first-order valence-corrected chi connectivity index (χ1v) is 7.30. The fourth-order valence-electron chi connectivity index (χ4n) is 2.36. The van der Waals surface area contributed by atoms with Gasteiger partial charge in [0.25, 0.3) is 11.8 Å². The fraction of sp³-hybridized carbons (Fsp3) is 0.533. The van der Waals surface area contributed by atoms with E-state index in [1.165, 1.54) is 12.2 Å². The van der Waals surface area contributed by atoms with E-state index in [1.54, 1.807) is 0 Å². The van der Waals surface area contributed by atoms with Crippen molar-refractivity contribution < 1.29 is 19.1 Å². The summed E-state index contributed by atoms with van der Waals surface area (Å²) in [6, 6.07) is 0. The lowest BCUT2D eigenvalue weighted by Crippen LogP contribution is -2.39. The average molecular weight is 292 g/mol. The second-order valence-electron chi connectivity index (χ2n) is 5.10. The summed E-state index contributed by atoms with van der Waals surface area (Å²) in [5.41, 5.74) is 0. The Morgan fingerprint density at radius 1 is 1.19 bits per heavy atom. The van der Waals surface area contributed by atoms with Gasteiger partial charge in [0.1, 0.15) is 6.10 Å². The first-order valence-electron chi connectivity index (χ1n) is 7.30. The highest BCUT2D eigenvalue weighted by molar-refractivity contribution is 6.12. The molecule has 6 heteroatoms. The Hall–Kier alpha value is -2.11. The molecule has 1 heterocycles. The van der Waals surface area contributed by atoms with Crippen LogP contribution in [0.25, 0.3) is 0 Å². The molecule has 2 rings (SSSR count). The van der Waals surface area contributed by atoms with Crippen molar-refractivity contribution in [3.8, 4) is 0 Å². The number of imide groups is 1. The normalized spacial score (nSPS) is 23.6. The number of amides is 3. The molecule has 0 fully saturated rings. The van der Waals surface area contributed by atoms with Crippen molar-refractivity contribution in [2.24, 2.45) is 0 Å². The quantitative estimate of drug-likeness (QED) is 0.630. The molecule has 114 valence electrons. The molecule has 0 bridgehead atoms. The van der Waals surface area contributed by atoms with E-state index in [2.05, 4.69) is 17.5 Å². The molecule has 1 aliphatic carbocycles. The number of nitrogens with one attached hydrogen (secondary N) is 1. The Balaban J connectivity index is 1.66. The van der Waals surface area contributed by atoms with Crippen molar-refractivity contribution in [1.82, 2.24) is 10.2 Å². The first kappa shape index (κ1) is 15.3. The highest BCUT2D eigenvalue weighted by Gasteiger charge is 2.23. The minimum Gasteiger partial charge on any atom is -0.446 e. The van der Waals surface area contributed by atoms with Gasteiger partial charge in [-0.05, 0) is 32.1 Å². The molecule has 0 aromatic carbocycles. The minimum atomic E-state index is -0.489. The molecule has 6 nitrogen and oxygen atoms in total. The van der Waals surface area contributed by atoms with Gasteiger partial charge >= 0.3 is 6.09 Å². The van der Waals surface area contributed by atoms with Gasteiger partial charge in [0.2, 0.25) is 0 Å². The van der Waals surface area contributed by atoms with Gasteiger partial charge in [0, 0.05) is 25.2 Å². The van der Waals surface area contributed by atoms with E-state index in [1.807, 2.05) is 0 Å². The molecule has 21 heavy (non-hydrogen) atoms. The number of carbonyl (C=O) groups excluding carboxylic acids is 3. The van der Waals surface area contributed by atoms with Crippen LogP contribution in [0.5, 0.6) is 0 Å². The summed E-state index contributed by atoms with van der Waals surface area (Å²) < 4.78 is 5.36. The highest BCUT2D eigenvalue weighted by atomic mass is 16.6. The maximum Gasteiger partial charge on any atom is 0.407 e. The van der Waals surface area contributed by atoms with Crippen LogP contribution in [0.4, 0.5) is 4.79 Å². The number of ether oxygens (including phenoxy) is 1. The van der Waals surface area contributed by atoms with Gasteiger partial charge in [0.15, 0.2) is 0 Å². The Labute approximate surface area is 123 Å². The van der Waals surface area contributed by atoms with Gasteiger partial charge in [-0.15, -0.1) is 0 Å². The molecule has 0 spiro atoms. The van der Waals surface area contributed by atoms with E-state index in [9.17, 15) is 14.4 Å². The van der Waals surface area contributed by atoms with Crippen LogP contribution in [0, 0.1) is 0 Å². The molecule has 0 aromatic heterocycles. The Kier molecular flexibility index (Phi) is 5.54. The second kappa shape index (κ2) is 7.61. The molecular formula is C15H20N2O4. The standard InChI is InChI=1S/C15H20N2O4/c18-13-8-9-14(19)17(13)11-10-16-15(20)21-12-6-4-2-1-3-5-7-12/h1-2,8-9,12H,3-7,10-11H2,(H,16,20)/b2-1-. The molecular weight excluding hydrogens is 272 g/mol.